The topological polar surface area (TPSA) is 47.7 Å². The van der Waals surface area contributed by atoms with Crippen molar-refractivity contribution >= 4 is 0 Å². The average Bonchev–Trinajstić information content (AvgIpc) is 2.45. The van der Waals surface area contributed by atoms with Gasteiger partial charge in [-0.1, -0.05) is 20.8 Å². The minimum atomic E-state index is 0.128. The van der Waals surface area contributed by atoms with Gasteiger partial charge in [0, 0.05) is 24.7 Å². The smallest absolute Gasteiger partial charge is 0.122 e. The van der Waals surface area contributed by atoms with E-state index in [-0.39, 0.29) is 11.5 Å². The summed E-state index contributed by atoms with van der Waals surface area (Å²) in [5.41, 5.74) is 7.35. The first-order chi connectivity index (χ1) is 9.74. The van der Waals surface area contributed by atoms with Gasteiger partial charge in [-0.15, -0.1) is 0 Å². The van der Waals surface area contributed by atoms with Crippen molar-refractivity contribution in [1.82, 2.24) is 4.90 Å². The summed E-state index contributed by atoms with van der Waals surface area (Å²) < 4.78 is 10.7. The zero-order chi connectivity index (χ0) is 16.2. The van der Waals surface area contributed by atoms with E-state index in [0.29, 0.717) is 12.6 Å². The largest absolute Gasteiger partial charge is 0.497 e. The van der Waals surface area contributed by atoms with E-state index in [4.69, 9.17) is 15.2 Å². The molecule has 1 rings (SSSR count). The van der Waals surface area contributed by atoms with E-state index in [1.165, 1.54) is 0 Å². The van der Waals surface area contributed by atoms with Gasteiger partial charge in [-0.2, -0.15) is 0 Å². The first-order valence-corrected chi connectivity index (χ1v) is 7.39. The second kappa shape index (κ2) is 7.14. The summed E-state index contributed by atoms with van der Waals surface area (Å²) in [5.74, 6) is 1.58. The Kier molecular flexibility index (Phi) is 6.05. The molecular weight excluding hydrogens is 264 g/mol. The number of hydrogen-bond acceptors (Lipinski definition) is 4. The molecule has 2 unspecified atom stereocenters. The summed E-state index contributed by atoms with van der Waals surface area (Å²) in [5, 5.41) is 0. The quantitative estimate of drug-likeness (QED) is 0.876. The molecule has 120 valence electrons. The number of benzene rings is 1. The van der Waals surface area contributed by atoms with Gasteiger partial charge in [0.2, 0.25) is 0 Å². The molecule has 0 spiro atoms. The van der Waals surface area contributed by atoms with Gasteiger partial charge in [-0.3, -0.25) is 4.90 Å². The van der Waals surface area contributed by atoms with Crippen LogP contribution >= 0.6 is 0 Å². The van der Waals surface area contributed by atoms with E-state index in [1.54, 1.807) is 14.2 Å². The number of likely N-dealkylation sites (N-methyl/N-ethyl adjacent to an activating group) is 1. The molecule has 0 saturated heterocycles. The molecule has 0 aromatic heterocycles. The Labute approximate surface area is 129 Å². The molecule has 4 heteroatoms. The van der Waals surface area contributed by atoms with Crippen LogP contribution in [0.5, 0.6) is 11.5 Å². The maximum absolute atomic E-state index is 6.05. The summed E-state index contributed by atoms with van der Waals surface area (Å²) >= 11 is 0. The van der Waals surface area contributed by atoms with Crippen LogP contribution in [0.4, 0.5) is 0 Å². The summed E-state index contributed by atoms with van der Waals surface area (Å²) in [7, 11) is 5.45. The van der Waals surface area contributed by atoms with Crippen LogP contribution < -0.4 is 15.2 Å². The fraction of sp³-hybridized carbons (Fsp3) is 0.647. The standard InChI is InChI=1S/C17H30N2O2/c1-12(17(2,3)4)19(5)16(11-18)13-8-14(20-6)10-15(9-13)21-7/h8-10,12,16H,11,18H2,1-7H3. The van der Waals surface area contributed by atoms with Crippen molar-refractivity contribution in [2.45, 2.75) is 39.8 Å². The van der Waals surface area contributed by atoms with Crippen LogP contribution in [0, 0.1) is 5.41 Å². The van der Waals surface area contributed by atoms with Crippen molar-refractivity contribution < 1.29 is 9.47 Å². The molecule has 0 saturated carbocycles. The van der Waals surface area contributed by atoms with E-state index in [9.17, 15) is 0 Å². The lowest BCUT2D eigenvalue weighted by Gasteiger charge is -2.40. The highest BCUT2D eigenvalue weighted by molar-refractivity contribution is 5.40. The van der Waals surface area contributed by atoms with Gasteiger partial charge in [0.25, 0.3) is 0 Å². The molecule has 2 atom stereocenters. The number of nitrogens with zero attached hydrogens (tertiary/aromatic N) is 1. The third-order valence-electron chi connectivity index (χ3n) is 4.34. The predicted molar refractivity (Wildman–Crippen MR) is 88.0 cm³/mol. The SMILES string of the molecule is COc1cc(OC)cc(C(CN)N(C)C(C)C(C)(C)C)c1. The molecule has 0 aliphatic heterocycles. The molecule has 21 heavy (non-hydrogen) atoms. The molecular formula is C17H30N2O2. The molecule has 0 radical (unpaired) electrons. The van der Waals surface area contributed by atoms with Crippen molar-refractivity contribution in [3.63, 3.8) is 0 Å². The number of nitrogens with two attached hydrogens (primary N) is 1. The second-order valence-corrected chi connectivity index (χ2v) is 6.60. The Morgan fingerprint density at radius 2 is 1.57 bits per heavy atom. The molecule has 0 amide bonds. The highest BCUT2D eigenvalue weighted by atomic mass is 16.5. The summed E-state index contributed by atoms with van der Waals surface area (Å²) in [6.07, 6.45) is 0. The van der Waals surface area contributed by atoms with Crippen LogP contribution in [-0.4, -0.2) is 38.8 Å². The van der Waals surface area contributed by atoms with Gasteiger partial charge in [0.1, 0.15) is 11.5 Å². The maximum atomic E-state index is 6.05. The molecule has 0 aliphatic rings. The minimum Gasteiger partial charge on any atom is -0.497 e. The van der Waals surface area contributed by atoms with Gasteiger partial charge in [-0.05, 0) is 37.1 Å². The van der Waals surface area contributed by atoms with Crippen molar-refractivity contribution in [1.29, 1.82) is 0 Å². The van der Waals surface area contributed by atoms with Gasteiger partial charge >= 0.3 is 0 Å². The third kappa shape index (κ3) is 4.35. The Morgan fingerprint density at radius 1 is 1.10 bits per heavy atom. The van der Waals surface area contributed by atoms with Crippen LogP contribution in [0.1, 0.15) is 39.3 Å². The minimum absolute atomic E-state index is 0.128. The molecule has 4 nitrogen and oxygen atoms in total. The summed E-state index contributed by atoms with van der Waals surface area (Å²) in [6, 6.07) is 6.47. The maximum Gasteiger partial charge on any atom is 0.122 e. The van der Waals surface area contributed by atoms with Crippen LogP contribution in [0.2, 0.25) is 0 Å². The van der Waals surface area contributed by atoms with Crippen LogP contribution in [0.25, 0.3) is 0 Å². The molecule has 0 aliphatic carbocycles. The highest BCUT2D eigenvalue weighted by Gasteiger charge is 2.29. The summed E-state index contributed by atoms with van der Waals surface area (Å²) in [4.78, 5) is 2.33. The van der Waals surface area contributed by atoms with Gasteiger partial charge < -0.3 is 15.2 Å². The van der Waals surface area contributed by atoms with Crippen LogP contribution in [0.3, 0.4) is 0 Å². The van der Waals surface area contributed by atoms with E-state index >= 15 is 0 Å². The molecule has 0 heterocycles. The Bertz CT molecular complexity index is 432. The number of methoxy groups -OCH3 is 2. The molecule has 0 bridgehead atoms. The highest BCUT2D eigenvalue weighted by Crippen LogP contribution is 2.33. The molecule has 0 fully saturated rings. The van der Waals surface area contributed by atoms with Crippen molar-refractivity contribution in [3.05, 3.63) is 23.8 Å². The number of rotatable bonds is 6. The van der Waals surface area contributed by atoms with E-state index < -0.39 is 0 Å². The van der Waals surface area contributed by atoms with Gasteiger partial charge in [0.05, 0.1) is 14.2 Å². The fourth-order valence-electron chi connectivity index (χ4n) is 2.44. The molecule has 1 aromatic rings. The second-order valence-electron chi connectivity index (χ2n) is 6.60. The van der Waals surface area contributed by atoms with Crippen molar-refractivity contribution in [2.75, 3.05) is 27.8 Å². The number of ether oxygens (including phenoxy) is 2. The predicted octanol–water partition coefficient (Wildman–Crippen LogP) is 3.07. The first kappa shape index (κ1) is 17.8. The van der Waals surface area contributed by atoms with E-state index in [1.807, 2.05) is 18.2 Å². The lowest BCUT2D eigenvalue weighted by molar-refractivity contribution is 0.0999. The van der Waals surface area contributed by atoms with Crippen molar-refractivity contribution in [2.24, 2.45) is 11.1 Å². The lowest BCUT2D eigenvalue weighted by atomic mass is 9.86. The molecule has 1 aromatic carbocycles. The first-order valence-electron chi connectivity index (χ1n) is 7.39. The van der Waals surface area contributed by atoms with E-state index in [2.05, 4.69) is 39.6 Å². The average molecular weight is 294 g/mol. The zero-order valence-corrected chi connectivity index (χ0v) is 14.4. The number of hydrogen-bond donors (Lipinski definition) is 1. The van der Waals surface area contributed by atoms with Gasteiger partial charge in [-0.25, -0.2) is 0 Å². The Balaban J connectivity index is 3.15. The normalized spacial score (nSPS) is 14.9. The van der Waals surface area contributed by atoms with Crippen LogP contribution in [-0.2, 0) is 0 Å². The zero-order valence-electron chi connectivity index (χ0n) is 14.4. The summed E-state index contributed by atoms with van der Waals surface area (Å²) in [6.45, 7) is 9.52. The van der Waals surface area contributed by atoms with E-state index in [0.717, 1.165) is 17.1 Å². The molecule has 2 N–H and O–H groups in total. The van der Waals surface area contributed by atoms with Gasteiger partial charge in [0.15, 0.2) is 0 Å². The van der Waals surface area contributed by atoms with Crippen molar-refractivity contribution in [3.8, 4) is 11.5 Å². The Hall–Kier alpha value is -1.26. The lowest BCUT2D eigenvalue weighted by Crippen LogP contribution is -2.43. The van der Waals surface area contributed by atoms with Crippen LogP contribution in [0.15, 0.2) is 18.2 Å². The fourth-order valence-corrected chi connectivity index (χ4v) is 2.44. The third-order valence-corrected chi connectivity index (χ3v) is 4.34. The Morgan fingerprint density at radius 3 is 1.90 bits per heavy atom. The monoisotopic (exact) mass is 294 g/mol.